The lowest BCUT2D eigenvalue weighted by Crippen LogP contribution is -2.21. The minimum Gasteiger partial charge on any atom is -0.435 e. The molecule has 0 saturated carbocycles. The number of benzene rings is 1. The van der Waals surface area contributed by atoms with Crippen LogP contribution >= 0.6 is 0 Å². The van der Waals surface area contributed by atoms with Crippen LogP contribution in [0.1, 0.15) is 18.4 Å². The first kappa shape index (κ1) is 15.8. The molecule has 0 radical (unpaired) electrons. The summed E-state index contributed by atoms with van der Waals surface area (Å²) in [6.45, 7) is -1.15. The van der Waals surface area contributed by atoms with E-state index in [2.05, 4.69) is 32.8 Å². The van der Waals surface area contributed by atoms with Crippen molar-refractivity contribution in [1.29, 1.82) is 5.26 Å². The summed E-state index contributed by atoms with van der Waals surface area (Å²) < 4.78 is 29.7. The van der Waals surface area contributed by atoms with Crippen LogP contribution < -0.4 is 9.64 Å². The normalized spacial score (nSPS) is 22.2. The van der Waals surface area contributed by atoms with E-state index in [9.17, 15) is 14.0 Å². The molecule has 0 spiro atoms. The zero-order valence-corrected chi connectivity index (χ0v) is 13.5. The van der Waals surface area contributed by atoms with Crippen molar-refractivity contribution in [2.75, 3.05) is 18.0 Å². The van der Waals surface area contributed by atoms with E-state index in [1.165, 1.54) is 6.07 Å². The summed E-state index contributed by atoms with van der Waals surface area (Å²) in [5.74, 6) is 1.22. The largest absolute Gasteiger partial charge is 0.435 e. The van der Waals surface area contributed by atoms with E-state index in [0.717, 1.165) is 31.6 Å². The fourth-order valence-corrected chi connectivity index (χ4v) is 3.95. The maximum absolute atomic E-state index is 12.6. The number of pyridine rings is 1. The third kappa shape index (κ3) is 2.91. The molecule has 4 rings (SSSR count). The van der Waals surface area contributed by atoms with Gasteiger partial charge in [-0.2, -0.15) is 14.0 Å². The molecule has 2 atom stereocenters. The van der Waals surface area contributed by atoms with E-state index in [0.29, 0.717) is 28.3 Å². The van der Waals surface area contributed by atoms with Gasteiger partial charge in [0.2, 0.25) is 0 Å². The maximum atomic E-state index is 12.6. The summed E-state index contributed by atoms with van der Waals surface area (Å²) in [6, 6.07) is 6.89. The number of nitrogens with zero attached hydrogens (tertiary/aromatic N) is 3. The molecule has 0 bridgehead atoms. The zero-order chi connectivity index (χ0) is 17.4. The standard InChI is InChI=1S/C19H17F2N3O/c20-19(21)25-15-5-6-17-16(7-15)18(14(8-22)9-23-17)24-10-12-3-1-2-4-13(12)11-24/h1-2,5-7,9,12-13,19H,3-4,10-11H2. The second kappa shape index (κ2) is 6.32. The van der Waals surface area contributed by atoms with Crippen LogP contribution in [0, 0.1) is 23.2 Å². The van der Waals surface area contributed by atoms with E-state index in [1.54, 1.807) is 18.3 Å². The van der Waals surface area contributed by atoms with Crippen molar-refractivity contribution in [3.05, 3.63) is 42.1 Å². The van der Waals surface area contributed by atoms with Crippen LogP contribution in [0.25, 0.3) is 10.9 Å². The van der Waals surface area contributed by atoms with Gasteiger partial charge in [0.1, 0.15) is 11.8 Å². The molecular formula is C19H17F2N3O. The number of anilines is 1. The minimum absolute atomic E-state index is 0.0823. The van der Waals surface area contributed by atoms with Crippen molar-refractivity contribution in [3.8, 4) is 11.8 Å². The molecule has 0 amide bonds. The van der Waals surface area contributed by atoms with Crippen molar-refractivity contribution in [2.45, 2.75) is 19.5 Å². The smallest absolute Gasteiger partial charge is 0.387 e. The number of ether oxygens (including phenoxy) is 1. The molecule has 2 heterocycles. The first-order chi connectivity index (χ1) is 12.2. The van der Waals surface area contributed by atoms with Crippen LogP contribution in [0.5, 0.6) is 5.75 Å². The lowest BCUT2D eigenvalue weighted by molar-refractivity contribution is -0.0497. The van der Waals surface area contributed by atoms with Gasteiger partial charge in [-0.05, 0) is 42.9 Å². The number of nitriles is 1. The first-order valence-corrected chi connectivity index (χ1v) is 8.33. The molecule has 1 saturated heterocycles. The van der Waals surface area contributed by atoms with Crippen molar-refractivity contribution in [1.82, 2.24) is 4.98 Å². The number of alkyl halides is 2. The van der Waals surface area contributed by atoms with Crippen molar-refractivity contribution in [2.24, 2.45) is 11.8 Å². The second-order valence-corrected chi connectivity index (χ2v) is 6.56. The van der Waals surface area contributed by atoms with Gasteiger partial charge in [-0.15, -0.1) is 0 Å². The molecular weight excluding hydrogens is 324 g/mol. The van der Waals surface area contributed by atoms with Crippen LogP contribution in [0.2, 0.25) is 0 Å². The number of hydrogen-bond acceptors (Lipinski definition) is 4. The van der Waals surface area contributed by atoms with Crippen LogP contribution in [-0.4, -0.2) is 24.7 Å². The van der Waals surface area contributed by atoms with Crippen LogP contribution in [0.4, 0.5) is 14.5 Å². The van der Waals surface area contributed by atoms with Crippen molar-refractivity contribution >= 4 is 16.6 Å². The highest BCUT2D eigenvalue weighted by molar-refractivity contribution is 5.95. The molecule has 2 aliphatic rings. The monoisotopic (exact) mass is 341 g/mol. The molecule has 1 fully saturated rings. The molecule has 4 nitrogen and oxygen atoms in total. The number of allylic oxidation sites excluding steroid dienone is 2. The summed E-state index contributed by atoms with van der Waals surface area (Å²) in [4.78, 5) is 6.50. The minimum atomic E-state index is -2.88. The Bertz CT molecular complexity index is 859. The van der Waals surface area contributed by atoms with Crippen LogP contribution in [0.3, 0.4) is 0 Å². The molecule has 6 heteroatoms. The van der Waals surface area contributed by atoms with E-state index >= 15 is 0 Å². The number of aromatic nitrogens is 1. The van der Waals surface area contributed by atoms with Crippen molar-refractivity contribution < 1.29 is 13.5 Å². The van der Waals surface area contributed by atoms with Crippen LogP contribution in [0.15, 0.2) is 36.5 Å². The third-order valence-electron chi connectivity index (χ3n) is 5.09. The fraction of sp³-hybridized carbons (Fsp3) is 0.368. The summed E-state index contributed by atoms with van der Waals surface area (Å²) in [5, 5.41) is 10.2. The molecule has 2 aromatic rings. The average Bonchev–Trinajstić information content (AvgIpc) is 3.03. The van der Waals surface area contributed by atoms with E-state index in [4.69, 9.17) is 0 Å². The Morgan fingerprint density at radius 3 is 2.56 bits per heavy atom. The van der Waals surface area contributed by atoms with Gasteiger partial charge in [0, 0.05) is 24.7 Å². The van der Waals surface area contributed by atoms with Gasteiger partial charge < -0.3 is 9.64 Å². The average molecular weight is 341 g/mol. The molecule has 128 valence electrons. The zero-order valence-electron chi connectivity index (χ0n) is 13.5. The number of fused-ring (bicyclic) bond motifs is 2. The highest BCUT2D eigenvalue weighted by Crippen LogP contribution is 2.40. The van der Waals surface area contributed by atoms with Gasteiger partial charge in [-0.3, -0.25) is 4.98 Å². The van der Waals surface area contributed by atoms with Crippen LogP contribution in [-0.2, 0) is 0 Å². The summed E-state index contributed by atoms with van der Waals surface area (Å²) in [5.41, 5.74) is 1.92. The molecule has 1 aromatic heterocycles. The Balaban J connectivity index is 1.79. The van der Waals surface area contributed by atoms with E-state index in [-0.39, 0.29) is 5.75 Å². The Morgan fingerprint density at radius 1 is 1.20 bits per heavy atom. The lowest BCUT2D eigenvalue weighted by atomic mass is 9.86. The number of halogens is 2. The summed E-state index contributed by atoms with van der Waals surface area (Å²) in [7, 11) is 0. The van der Waals surface area contributed by atoms with Crippen molar-refractivity contribution in [3.63, 3.8) is 0 Å². The Labute approximate surface area is 144 Å². The van der Waals surface area contributed by atoms with Gasteiger partial charge in [0.25, 0.3) is 0 Å². The highest BCUT2D eigenvalue weighted by Gasteiger charge is 2.34. The topological polar surface area (TPSA) is 49.1 Å². The van der Waals surface area contributed by atoms with Gasteiger partial charge in [-0.25, -0.2) is 0 Å². The molecule has 1 aliphatic carbocycles. The Kier molecular flexibility index (Phi) is 4.00. The predicted octanol–water partition coefficient (Wildman–Crippen LogP) is 4.11. The van der Waals surface area contributed by atoms with Gasteiger partial charge in [0.05, 0.1) is 16.8 Å². The SMILES string of the molecule is N#Cc1cnc2ccc(OC(F)F)cc2c1N1CC2CC=CCC2C1. The molecule has 1 aliphatic heterocycles. The third-order valence-corrected chi connectivity index (χ3v) is 5.09. The van der Waals surface area contributed by atoms with Gasteiger partial charge in [0.15, 0.2) is 0 Å². The Morgan fingerprint density at radius 2 is 1.92 bits per heavy atom. The second-order valence-electron chi connectivity index (χ2n) is 6.56. The van der Waals surface area contributed by atoms with E-state index < -0.39 is 6.61 Å². The fourth-order valence-electron chi connectivity index (χ4n) is 3.95. The van der Waals surface area contributed by atoms with E-state index in [1.807, 2.05) is 0 Å². The first-order valence-electron chi connectivity index (χ1n) is 8.33. The molecule has 0 N–H and O–H groups in total. The van der Waals surface area contributed by atoms with Gasteiger partial charge in [-0.1, -0.05) is 12.2 Å². The molecule has 25 heavy (non-hydrogen) atoms. The number of rotatable bonds is 3. The summed E-state index contributed by atoms with van der Waals surface area (Å²) >= 11 is 0. The highest BCUT2D eigenvalue weighted by atomic mass is 19.3. The lowest BCUT2D eigenvalue weighted by Gasteiger charge is -2.22. The molecule has 1 aromatic carbocycles. The Hall–Kier alpha value is -2.68. The quantitative estimate of drug-likeness (QED) is 0.788. The predicted molar refractivity (Wildman–Crippen MR) is 90.7 cm³/mol. The van der Waals surface area contributed by atoms with Gasteiger partial charge >= 0.3 is 6.61 Å². The maximum Gasteiger partial charge on any atom is 0.387 e. The number of hydrogen-bond donors (Lipinski definition) is 0. The summed E-state index contributed by atoms with van der Waals surface area (Å²) in [6.07, 6.45) is 8.09. The molecule has 2 unspecified atom stereocenters.